The first-order valence-corrected chi connectivity index (χ1v) is 7.46. The third kappa shape index (κ3) is 5.07. The van der Waals surface area contributed by atoms with Gasteiger partial charge in [-0.2, -0.15) is 5.10 Å². The van der Waals surface area contributed by atoms with Gasteiger partial charge in [-0.3, -0.25) is 4.79 Å². The molecule has 0 spiro atoms. The lowest BCUT2D eigenvalue weighted by molar-refractivity contribution is -0.123. The minimum Gasteiger partial charge on any atom is -0.481 e. The van der Waals surface area contributed by atoms with Gasteiger partial charge in [-0.15, -0.1) is 0 Å². The fourth-order valence-electron chi connectivity index (χ4n) is 1.88. The molecule has 0 unspecified atom stereocenters. The number of para-hydroxylation sites is 1. The van der Waals surface area contributed by atoms with Crippen LogP contribution in [0.3, 0.4) is 0 Å². The predicted molar refractivity (Wildman–Crippen MR) is 88.3 cm³/mol. The average Bonchev–Trinajstić information content (AvgIpc) is 2.55. The maximum atomic E-state index is 13.4. The van der Waals surface area contributed by atoms with Crippen molar-refractivity contribution in [2.75, 3.05) is 6.61 Å². The number of amides is 1. The van der Waals surface area contributed by atoms with E-state index in [0.717, 1.165) is 5.56 Å². The lowest BCUT2D eigenvalue weighted by atomic mass is 10.1. The van der Waals surface area contributed by atoms with Crippen molar-refractivity contribution < 1.29 is 13.9 Å². The lowest BCUT2D eigenvalue weighted by Crippen LogP contribution is -2.26. The van der Waals surface area contributed by atoms with Gasteiger partial charge in [-0.05, 0) is 36.2 Å². The molecule has 0 aliphatic heterocycles. The zero-order chi connectivity index (χ0) is 16.7. The van der Waals surface area contributed by atoms with Crippen molar-refractivity contribution in [1.29, 1.82) is 0 Å². The van der Waals surface area contributed by atoms with Gasteiger partial charge in [0.15, 0.2) is 18.2 Å². The number of carbonyl (C=O) groups excluding carboxylic acids is 1. The molecule has 0 bridgehead atoms. The van der Waals surface area contributed by atoms with Crippen LogP contribution >= 0.6 is 11.6 Å². The Morgan fingerprint density at radius 3 is 2.74 bits per heavy atom. The quantitative estimate of drug-likeness (QED) is 0.645. The molecule has 23 heavy (non-hydrogen) atoms. The molecule has 0 aromatic heterocycles. The third-order valence-electron chi connectivity index (χ3n) is 3.00. The monoisotopic (exact) mass is 334 g/mol. The van der Waals surface area contributed by atoms with Crippen LogP contribution in [0, 0.1) is 5.82 Å². The van der Waals surface area contributed by atoms with E-state index in [9.17, 15) is 9.18 Å². The number of hydrazone groups is 1. The van der Waals surface area contributed by atoms with Crippen molar-refractivity contribution in [2.45, 2.75) is 13.3 Å². The summed E-state index contributed by atoms with van der Waals surface area (Å²) in [6.07, 6.45) is 0.620. The molecule has 0 heterocycles. The fraction of sp³-hybridized carbons (Fsp3) is 0.176. The van der Waals surface area contributed by atoms with E-state index in [4.69, 9.17) is 16.3 Å². The van der Waals surface area contributed by atoms with Crippen molar-refractivity contribution in [3.05, 3.63) is 64.9 Å². The highest BCUT2D eigenvalue weighted by atomic mass is 35.5. The molecule has 120 valence electrons. The summed E-state index contributed by atoms with van der Waals surface area (Å²) in [5.74, 6) is -0.963. The number of nitrogens with one attached hydrogen (secondary N) is 1. The zero-order valence-electron chi connectivity index (χ0n) is 12.6. The minimum absolute atomic E-state index is 0.0252. The summed E-state index contributed by atoms with van der Waals surface area (Å²) in [4.78, 5) is 11.8. The molecule has 0 fully saturated rings. The molecule has 0 saturated heterocycles. The average molecular weight is 335 g/mol. The molecule has 0 radical (unpaired) electrons. The Bertz CT molecular complexity index is 719. The summed E-state index contributed by atoms with van der Waals surface area (Å²) in [5.41, 5.74) is 3.92. The van der Waals surface area contributed by atoms with Crippen LogP contribution in [0.25, 0.3) is 0 Å². The standard InChI is InChI=1S/C17H16ClFN2O2/c1-2-15(12-6-5-7-13(18)10-12)20-21-17(22)11-23-16-9-4-3-8-14(16)19/h3-10H,2,11H2,1H3,(H,21,22)/b20-15+. The van der Waals surface area contributed by atoms with Crippen LogP contribution < -0.4 is 10.2 Å². The minimum atomic E-state index is -0.517. The zero-order valence-corrected chi connectivity index (χ0v) is 13.3. The molecule has 4 nitrogen and oxygen atoms in total. The number of carbonyl (C=O) groups is 1. The van der Waals surface area contributed by atoms with E-state index in [-0.39, 0.29) is 12.4 Å². The summed E-state index contributed by atoms with van der Waals surface area (Å²) in [6.45, 7) is 1.60. The lowest BCUT2D eigenvalue weighted by Gasteiger charge is -2.07. The van der Waals surface area contributed by atoms with Crippen LogP contribution in [-0.4, -0.2) is 18.2 Å². The summed E-state index contributed by atoms with van der Waals surface area (Å²) >= 11 is 5.94. The van der Waals surface area contributed by atoms with Gasteiger partial charge in [0, 0.05) is 5.02 Å². The maximum absolute atomic E-state index is 13.4. The summed E-state index contributed by atoms with van der Waals surface area (Å²) in [5, 5.41) is 4.67. The van der Waals surface area contributed by atoms with Crippen LogP contribution in [0.4, 0.5) is 4.39 Å². The van der Waals surface area contributed by atoms with E-state index in [1.807, 2.05) is 19.1 Å². The SMILES string of the molecule is CC/C(=N\NC(=O)COc1ccccc1F)c1cccc(Cl)c1. The third-order valence-corrected chi connectivity index (χ3v) is 3.24. The highest BCUT2D eigenvalue weighted by molar-refractivity contribution is 6.31. The van der Waals surface area contributed by atoms with Crippen molar-refractivity contribution in [3.8, 4) is 5.75 Å². The number of nitrogens with zero attached hydrogens (tertiary/aromatic N) is 1. The molecule has 6 heteroatoms. The number of halogens is 2. The van der Waals surface area contributed by atoms with Crippen molar-refractivity contribution >= 4 is 23.2 Å². The Labute approximate surface area is 138 Å². The molecule has 0 saturated carbocycles. The summed E-state index contributed by atoms with van der Waals surface area (Å²) < 4.78 is 18.5. The van der Waals surface area contributed by atoms with E-state index in [2.05, 4.69) is 10.5 Å². The summed E-state index contributed by atoms with van der Waals surface area (Å²) in [7, 11) is 0. The molecule has 2 aromatic carbocycles. The van der Waals surface area contributed by atoms with E-state index in [1.165, 1.54) is 12.1 Å². The topological polar surface area (TPSA) is 50.7 Å². The van der Waals surface area contributed by atoms with Gasteiger partial charge < -0.3 is 4.74 Å². The van der Waals surface area contributed by atoms with E-state index in [0.29, 0.717) is 17.2 Å². The Morgan fingerprint density at radius 2 is 2.04 bits per heavy atom. The van der Waals surface area contributed by atoms with Crippen molar-refractivity contribution in [3.63, 3.8) is 0 Å². The highest BCUT2D eigenvalue weighted by Crippen LogP contribution is 2.15. The second-order valence-corrected chi connectivity index (χ2v) is 5.11. The predicted octanol–water partition coefficient (Wildman–Crippen LogP) is 3.79. The van der Waals surface area contributed by atoms with Gasteiger partial charge in [-0.25, -0.2) is 9.82 Å². The molecule has 1 N–H and O–H groups in total. The number of hydrogen-bond donors (Lipinski definition) is 1. The first-order chi connectivity index (χ1) is 11.1. The van der Waals surface area contributed by atoms with Gasteiger partial charge in [0.25, 0.3) is 5.91 Å². The molecule has 1 amide bonds. The molecule has 0 aliphatic rings. The first kappa shape index (κ1) is 17.0. The number of rotatable bonds is 6. The van der Waals surface area contributed by atoms with E-state index >= 15 is 0 Å². The van der Waals surface area contributed by atoms with Crippen molar-refractivity contribution in [1.82, 2.24) is 5.43 Å². The van der Waals surface area contributed by atoms with Crippen LogP contribution in [0.5, 0.6) is 5.75 Å². The number of hydrogen-bond acceptors (Lipinski definition) is 3. The van der Waals surface area contributed by atoms with Gasteiger partial charge in [0.2, 0.25) is 0 Å². The molecule has 2 aromatic rings. The van der Waals surface area contributed by atoms with E-state index in [1.54, 1.807) is 24.3 Å². The maximum Gasteiger partial charge on any atom is 0.277 e. The molecule has 0 aliphatic carbocycles. The van der Waals surface area contributed by atoms with Crippen molar-refractivity contribution in [2.24, 2.45) is 5.10 Å². The number of ether oxygens (including phenoxy) is 1. The Balaban J connectivity index is 1.95. The van der Waals surface area contributed by atoms with Gasteiger partial charge in [0.05, 0.1) is 5.71 Å². The van der Waals surface area contributed by atoms with Crippen LogP contribution in [0.1, 0.15) is 18.9 Å². The number of benzene rings is 2. The van der Waals surface area contributed by atoms with Gasteiger partial charge >= 0.3 is 0 Å². The molecular formula is C17H16ClFN2O2. The Morgan fingerprint density at radius 1 is 1.26 bits per heavy atom. The second-order valence-electron chi connectivity index (χ2n) is 4.68. The first-order valence-electron chi connectivity index (χ1n) is 7.09. The Kier molecular flexibility index (Phi) is 6.11. The fourth-order valence-corrected chi connectivity index (χ4v) is 2.07. The van der Waals surface area contributed by atoms with Gasteiger partial charge in [0.1, 0.15) is 0 Å². The van der Waals surface area contributed by atoms with Gasteiger partial charge in [-0.1, -0.05) is 42.8 Å². The largest absolute Gasteiger partial charge is 0.481 e. The Hall–Kier alpha value is -2.40. The highest BCUT2D eigenvalue weighted by Gasteiger charge is 2.07. The van der Waals surface area contributed by atoms with Crippen LogP contribution in [0.2, 0.25) is 5.02 Å². The normalized spacial score (nSPS) is 11.2. The molecule has 0 atom stereocenters. The second kappa shape index (κ2) is 8.29. The molecular weight excluding hydrogens is 319 g/mol. The van der Waals surface area contributed by atoms with Crippen LogP contribution in [0.15, 0.2) is 53.6 Å². The molecule has 2 rings (SSSR count). The van der Waals surface area contributed by atoms with Crippen LogP contribution in [-0.2, 0) is 4.79 Å². The summed E-state index contributed by atoms with van der Waals surface area (Å²) in [6, 6.07) is 13.1. The van der Waals surface area contributed by atoms with E-state index < -0.39 is 11.7 Å². The smallest absolute Gasteiger partial charge is 0.277 e.